The minimum atomic E-state index is -2.85. The number of carboxylic acids is 1. The summed E-state index contributed by atoms with van der Waals surface area (Å²) in [5, 5.41) is 8.56. The van der Waals surface area contributed by atoms with Crippen LogP contribution in [0.15, 0.2) is 15.5 Å². The Balaban J connectivity index is 3.49. The molecule has 0 atom stereocenters. The van der Waals surface area contributed by atoms with Crippen LogP contribution in [0.2, 0.25) is 0 Å². The number of aromatic nitrogens is 1. The summed E-state index contributed by atoms with van der Waals surface area (Å²) in [5.74, 6) is -1.55. The van der Waals surface area contributed by atoms with Gasteiger partial charge in [-0.3, -0.25) is 4.79 Å². The molecule has 4 nitrogen and oxygen atoms in total. The van der Waals surface area contributed by atoms with Crippen LogP contribution in [-0.2, 0) is 0 Å². The Bertz CT molecular complexity index is 429. The molecule has 2 N–H and O–H groups in total. The Morgan fingerprint density at radius 2 is 2.14 bits per heavy atom. The number of hydrogen-bond donors (Lipinski definition) is 2. The molecule has 7 heteroatoms. The highest BCUT2D eigenvalue weighted by Gasteiger charge is 2.21. The number of carboxylic acid groups (broad SMARTS) is 1. The van der Waals surface area contributed by atoms with E-state index in [1.807, 2.05) is 4.98 Å². The van der Waals surface area contributed by atoms with E-state index in [-0.39, 0.29) is 4.47 Å². The van der Waals surface area contributed by atoms with Crippen LogP contribution < -0.4 is 5.56 Å². The second-order valence-electron chi connectivity index (χ2n) is 2.37. The lowest BCUT2D eigenvalue weighted by atomic mass is 10.2. The molecule has 1 aromatic heterocycles. The maximum Gasteiger partial charge on any atom is 0.342 e. The Labute approximate surface area is 84.7 Å². The Morgan fingerprint density at radius 3 is 2.57 bits per heavy atom. The first-order chi connectivity index (χ1) is 6.45. The van der Waals surface area contributed by atoms with Crippen molar-refractivity contribution in [2.45, 2.75) is 6.43 Å². The highest BCUT2D eigenvalue weighted by molar-refractivity contribution is 9.10. The summed E-state index contributed by atoms with van der Waals surface area (Å²) >= 11 is 2.65. The van der Waals surface area contributed by atoms with Gasteiger partial charge in [-0.1, -0.05) is 0 Å². The van der Waals surface area contributed by atoms with Crippen molar-refractivity contribution in [3.8, 4) is 0 Å². The summed E-state index contributed by atoms with van der Waals surface area (Å²) in [5.41, 5.74) is -2.20. The molecule has 0 fully saturated rings. The number of carbonyl (C=O) groups is 1. The van der Waals surface area contributed by atoms with Gasteiger partial charge in [-0.05, 0) is 15.9 Å². The number of H-pyrrole nitrogens is 1. The van der Waals surface area contributed by atoms with E-state index in [1.165, 1.54) is 0 Å². The summed E-state index contributed by atoms with van der Waals surface area (Å²) in [4.78, 5) is 23.4. The monoisotopic (exact) mass is 267 g/mol. The molecule has 1 rings (SSSR count). The van der Waals surface area contributed by atoms with Crippen molar-refractivity contribution in [1.29, 1.82) is 0 Å². The van der Waals surface area contributed by atoms with Crippen molar-refractivity contribution in [2.24, 2.45) is 0 Å². The maximum atomic E-state index is 12.3. The van der Waals surface area contributed by atoms with E-state index in [2.05, 4.69) is 15.9 Å². The van der Waals surface area contributed by atoms with Gasteiger partial charge < -0.3 is 10.1 Å². The number of alkyl halides is 2. The average Bonchev–Trinajstić information content (AvgIpc) is 2.02. The molecule has 0 aliphatic rings. The van der Waals surface area contributed by atoms with Gasteiger partial charge in [0, 0.05) is 16.2 Å². The van der Waals surface area contributed by atoms with Crippen LogP contribution in [0.25, 0.3) is 0 Å². The topological polar surface area (TPSA) is 70.2 Å². The van der Waals surface area contributed by atoms with Crippen molar-refractivity contribution in [2.75, 3.05) is 0 Å². The van der Waals surface area contributed by atoms with Crippen LogP contribution in [0.1, 0.15) is 22.3 Å². The van der Waals surface area contributed by atoms with Crippen molar-refractivity contribution in [1.82, 2.24) is 4.98 Å². The molecule has 1 aromatic rings. The number of hydrogen-bond acceptors (Lipinski definition) is 2. The second kappa shape index (κ2) is 3.87. The zero-order chi connectivity index (χ0) is 10.9. The second-order valence-corrected chi connectivity index (χ2v) is 3.16. The van der Waals surface area contributed by atoms with E-state index in [1.54, 1.807) is 0 Å². The lowest BCUT2D eigenvalue weighted by Crippen LogP contribution is -2.19. The van der Waals surface area contributed by atoms with E-state index in [9.17, 15) is 18.4 Å². The molecule has 0 saturated carbocycles. The molecule has 0 spiro atoms. The van der Waals surface area contributed by atoms with Crippen LogP contribution in [0.4, 0.5) is 8.78 Å². The SMILES string of the molecule is O=C(O)c1c(Br)c(C(F)F)c[nH]c1=O. The first-order valence-electron chi connectivity index (χ1n) is 3.37. The van der Waals surface area contributed by atoms with Crippen molar-refractivity contribution >= 4 is 21.9 Å². The molecule has 0 saturated heterocycles. The van der Waals surface area contributed by atoms with Gasteiger partial charge in [-0.25, -0.2) is 13.6 Å². The first-order valence-corrected chi connectivity index (χ1v) is 4.17. The number of aromatic carboxylic acids is 1. The van der Waals surface area contributed by atoms with Gasteiger partial charge in [0.25, 0.3) is 12.0 Å². The fourth-order valence-electron chi connectivity index (χ4n) is 0.873. The summed E-state index contributed by atoms with van der Waals surface area (Å²) in [7, 11) is 0. The van der Waals surface area contributed by atoms with E-state index >= 15 is 0 Å². The Morgan fingerprint density at radius 1 is 1.57 bits per heavy atom. The predicted octanol–water partition coefficient (Wildman–Crippen LogP) is 1.77. The zero-order valence-corrected chi connectivity index (χ0v) is 8.14. The van der Waals surface area contributed by atoms with Gasteiger partial charge in [0.15, 0.2) is 0 Å². The Hall–Kier alpha value is -1.24. The number of aromatic amines is 1. The normalized spacial score (nSPS) is 10.6. The number of halogens is 3. The minimum Gasteiger partial charge on any atom is -0.477 e. The highest BCUT2D eigenvalue weighted by atomic mass is 79.9. The van der Waals surface area contributed by atoms with E-state index in [4.69, 9.17) is 5.11 Å². The van der Waals surface area contributed by atoms with Crippen LogP contribution in [0.5, 0.6) is 0 Å². The molecule has 14 heavy (non-hydrogen) atoms. The van der Waals surface area contributed by atoms with Crippen molar-refractivity contribution in [3.05, 3.63) is 32.2 Å². The van der Waals surface area contributed by atoms with Crippen LogP contribution >= 0.6 is 15.9 Å². The molecule has 76 valence electrons. The third-order valence-corrected chi connectivity index (χ3v) is 2.36. The van der Waals surface area contributed by atoms with Gasteiger partial charge in [-0.2, -0.15) is 0 Å². The lowest BCUT2D eigenvalue weighted by molar-refractivity contribution is 0.0693. The lowest BCUT2D eigenvalue weighted by Gasteiger charge is -2.04. The summed E-state index contributed by atoms with van der Waals surface area (Å²) in [6.07, 6.45) is -2.07. The summed E-state index contributed by atoms with van der Waals surface area (Å²) in [6, 6.07) is 0. The maximum absolute atomic E-state index is 12.3. The van der Waals surface area contributed by atoms with Gasteiger partial charge in [0.05, 0.1) is 0 Å². The summed E-state index contributed by atoms with van der Waals surface area (Å²) < 4.78 is 24.1. The molecular weight excluding hydrogens is 264 g/mol. The van der Waals surface area contributed by atoms with Crippen LogP contribution in [-0.4, -0.2) is 16.1 Å². The molecule has 0 aliphatic heterocycles. The van der Waals surface area contributed by atoms with E-state index in [0.717, 1.165) is 6.20 Å². The van der Waals surface area contributed by atoms with E-state index in [0.29, 0.717) is 0 Å². The third kappa shape index (κ3) is 1.82. The highest BCUT2D eigenvalue weighted by Crippen LogP contribution is 2.27. The average molecular weight is 268 g/mol. The fourth-order valence-corrected chi connectivity index (χ4v) is 1.51. The van der Waals surface area contributed by atoms with Gasteiger partial charge in [0.1, 0.15) is 5.56 Å². The molecule has 0 aliphatic carbocycles. The number of pyridine rings is 1. The standard InChI is InChI=1S/C7H4BrF2NO3/c8-4-2(5(9)10)1-11-6(12)3(4)7(13)14/h1,5H,(H,11,12)(H,13,14). The predicted molar refractivity (Wildman–Crippen MR) is 46.7 cm³/mol. The Kier molecular flexibility index (Phi) is 3.00. The fraction of sp³-hybridized carbons (Fsp3) is 0.143. The van der Waals surface area contributed by atoms with Crippen LogP contribution in [0.3, 0.4) is 0 Å². The first kappa shape index (κ1) is 10.8. The molecule has 0 bridgehead atoms. The van der Waals surface area contributed by atoms with Crippen LogP contribution in [0, 0.1) is 0 Å². The van der Waals surface area contributed by atoms with Crippen molar-refractivity contribution in [3.63, 3.8) is 0 Å². The molecule has 0 aromatic carbocycles. The largest absolute Gasteiger partial charge is 0.477 e. The van der Waals surface area contributed by atoms with E-state index < -0.39 is 29.1 Å². The van der Waals surface area contributed by atoms with Gasteiger partial charge in [0.2, 0.25) is 0 Å². The number of rotatable bonds is 2. The minimum absolute atomic E-state index is 0.385. The van der Waals surface area contributed by atoms with Crippen molar-refractivity contribution < 1.29 is 18.7 Å². The molecule has 0 radical (unpaired) electrons. The summed E-state index contributed by atoms with van der Waals surface area (Å²) in [6.45, 7) is 0. The van der Waals surface area contributed by atoms with Gasteiger partial charge >= 0.3 is 5.97 Å². The molecule has 1 heterocycles. The quantitative estimate of drug-likeness (QED) is 0.858. The zero-order valence-electron chi connectivity index (χ0n) is 6.55. The molecule has 0 unspecified atom stereocenters. The third-order valence-electron chi connectivity index (χ3n) is 1.51. The molecule has 0 amide bonds. The number of nitrogens with one attached hydrogen (secondary N) is 1. The van der Waals surface area contributed by atoms with Gasteiger partial charge in [-0.15, -0.1) is 0 Å². The molecular formula is C7H4BrF2NO3. The smallest absolute Gasteiger partial charge is 0.342 e.